The quantitative estimate of drug-likeness (QED) is 0.631. The third kappa shape index (κ3) is 3.91. The molecule has 6 nitrogen and oxygen atoms in total. The third-order valence-corrected chi connectivity index (χ3v) is 5.85. The van der Waals surface area contributed by atoms with Gasteiger partial charge in [0, 0.05) is 41.2 Å². The van der Waals surface area contributed by atoms with Crippen molar-refractivity contribution >= 4 is 25.8 Å². The number of benzene rings is 1. The molecule has 2 aromatic heterocycles. The SMILES string of the molecule is COc1ccc(Br)cc1S(=O)(=O)Cc1cncc(-c2cnn(C)c2)c1. The Morgan fingerprint density at radius 1 is 1.16 bits per heavy atom. The second kappa shape index (κ2) is 6.97. The maximum absolute atomic E-state index is 12.8. The number of rotatable bonds is 5. The number of pyridine rings is 1. The predicted molar refractivity (Wildman–Crippen MR) is 98.0 cm³/mol. The van der Waals surface area contributed by atoms with Gasteiger partial charge in [-0.2, -0.15) is 5.10 Å². The number of nitrogens with zero attached hydrogens (tertiary/aromatic N) is 3. The van der Waals surface area contributed by atoms with Crippen molar-refractivity contribution in [2.45, 2.75) is 10.6 Å². The Balaban J connectivity index is 1.95. The lowest BCUT2D eigenvalue weighted by atomic mass is 10.1. The first-order valence-corrected chi connectivity index (χ1v) is 9.83. The molecule has 8 heteroatoms. The van der Waals surface area contributed by atoms with Gasteiger partial charge in [0.25, 0.3) is 0 Å². The van der Waals surface area contributed by atoms with E-state index in [2.05, 4.69) is 26.0 Å². The number of methoxy groups -OCH3 is 1. The summed E-state index contributed by atoms with van der Waals surface area (Å²) in [5.41, 5.74) is 2.31. The Morgan fingerprint density at radius 3 is 2.64 bits per heavy atom. The van der Waals surface area contributed by atoms with Gasteiger partial charge in [-0.3, -0.25) is 9.67 Å². The van der Waals surface area contributed by atoms with E-state index in [1.807, 2.05) is 19.3 Å². The Morgan fingerprint density at radius 2 is 1.96 bits per heavy atom. The number of sulfone groups is 1. The molecule has 130 valence electrons. The second-order valence-corrected chi connectivity index (χ2v) is 8.41. The van der Waals surface area contributed by atoms with Crippen molar-refractivity contribution in [3.63, 3.8) is 0 Å². The van der Waals surface area contributed by atoms with Crippen molar-refractivity contribution in [1.29, 1.82) is 0 Å². The highest BCUT2D eigenvalue weighted by Crippen LogP contribution is 2.30. The van der Waals surface area contributed by atoms with Crippen molar-refractivity contribution in [2.24, 2.45) is 7.05 Å². The fraction of sp³-hybridized carbons (Fsp3) is 0.176. The minimum atomic E-state index is -3.59. The summed E-state index contributed by atoms with van der Waals surface area (Å²) >= 11 is 3.31. The number of aryl methyl sites for hydroxylation is 1. The normalized spacial score (nSPS) is 11.5. The van der Waals surface area contributed by atoms with Crippen LogP contribution in [0.2, 0.25) is 0 Å². The van der Waals surface area contributed by atoms with Crippen LogP contribution in [0.5, 0.6) is 5.75 Å². The molecule has 2 heterocycles. The maximum Gasteiger partial charge on any atom is 0.186 e. The molecule has 3 aromatic rings. The van der Waals surface area contributed by atoms with Gasteiger partial charge in [0.15, 0.2) is 9.84 Å². The van der Waals surface area contributed by atoms with E-state index in [1.165, 1.54) is 7.11 Å². The molecule has 25 heavy (non-hydrogen) atoms. The van der Waals surface area contributed by atoms with Gasteiger partial charge in [-0.15, -0.1) is 0 Å². The van der Waals surface area contributed by atoms with E-state index in [4.69, 9.17) is 4.74 Å². The van der Waals surface area contributed by atoms with E-state index in [0.29, 0.717) is 15.8 Å². The molecule has 0 unspecified atom stereocenters. The molecular formula is C17H16BrN3O3S. The summed E-state index contributed by atoms with van der Waals surface area (Å²) in [7, 11) is -0.313. The Bertz CT molecular complexity index is 1020. The van der Waals surface area contributed by atoms with Gasteiger partial charge in [-0.05, 0) is 29.8 Å². The van der Waals surface area contributed by atoms with E-state index in [-0.39, 0.29) is 10.6 Å². The average Bonchev–Trinajstić information content (AvgIpc) is 3.01. The number of aromatic nitrogens is 3. The molecule has 0 saturated carbocycles. The summed E-state index contributed by atoms with van der Waals surface area (Å²) < 4.78 is 33.2. The van der Waals surface area contributed by atoms with Crippen LogP contribution in [-0.4, -0.2) is 30.3 Å². The summed E-state index contributed by atoms with van der Waals surface area (Å²) in [6, 6.07) is 6.72. The molecule has 0 fully saturated rings. The van der Waals surface area contributed by atoms with E-state index in [9.17, 15) is 8.42 Å². The largest absolute Gasteiger partial charge is 0.495 e. The van der Waals surface area contributed by atoms with Gasteiger partial charge >= 0.3 is 0 Å². The van der Waals surface area contributed by atoms with E-state index >= 15 is 0 Å². The van der Waals surface area contributed by atoms with E-state index in [1.54, 1.807) is 41.5 Å². The maximum atomic E-state index is 12.8. The highest BCUT2D eigenvalue weighted by Gasteiger charge is 2.21. The lowest BCUT2D eigenvalue weighted by Crippen LogP contribution is -2.07. The topological polar surface area (TPSA) is 74.1 Å². The van der Waals surface area contributed by atoms with Crippen molar-refractivity contribution in [3.05, 3.63) is 59.1 Å². The highest BCUT2D eigenvalue weighted by atomic mass is 79.9. The zero-order valence-electron chi connectivity index (χ0n) is 13.7. The predicted octanol–water partition coefficient (Wildman–Crippen LogP) is 3.23. The fourth-order valence-electron chi connectivity index (χ4n) is 2.49. The van der Waals surface area contributed by atoms with Crippen LogP contribution >= 0.6 is 15.9 Å². The van der Waals surface area contributed by atoms with Gasteiger partial charge in [0.05, 0.1) is 19.1 Å². The number of ether oxygens (including phenoxy) is 1. The smallest absolute Gasteiger partial charge is 0.186 e. The van der Waals surface area contributed by atoms with Crippen LogP contribution < -0.4 is 4.74 Å². The minimum absolute atomic E-state index is 0.149. The summed E-state index contributed by atoms with van der Waals surface area (Å²) in [5.74, 6) is 0.153. The molecule has 0 saturated heterocycles. The standard InChI is InChI=1S/C17H16BrN3O3S/c1-21-10-14(9-20-21)13-5-12(7-19-8-13)11-25(22,23)17-6-15(18)3-4-16(17)24-2/h3-10H,11H2,1-2H3. The molecule has 3 rings (SSSR count). The van der Waals surface area contributed by atoms with Gasteiger partial charge in [0.2, 0.25) is 0 Å². The highest BCUT2D eigenvalue weighted by molar-refractivity contribution is 9.10. The van der Waals surface area contributed by atoms with Crippen LogP contribution in [0.3, 0.4) is 0 Å². The number of hydrogen-bond donors (Lipinski definition) is 0. The van der Waals surface area contributed by atoms with Gasteiger partial charge in [-0.25, -0.2) is 8.42 Å². The molecule has 0 atom stereocenters. The van der Waals surface area contributed by atoms with Gasteiger partial charge in [0.1, 0.15) is 10.6 Å². The van der Waals surface area contributed by atoms with Crippen molar-refractivity contribution < 1.29 is 13.2 Å². The minimum Gasteiger partial charge on any atom is -0.495 e. The third-order valence-electron chi connectivity index (χ3n) is 3.65. The van der Waals surface area contributed by atoms with Crippen molar-refractivity contribution in [3.8, 4) is 16.9 Å². The first kappa shape index (κ1) is 17.6. The lowest BCUT2D eigenvalue weighted by Gasteiger charge is -2.10. The zero-order valence-corrected chi connectivity index (χ0v) is 16.1. The van der Waals surface area contributed by atoms with E-state index < -0.39 is 9.84 Å². The summed E-state index contributed by atoms with van der Waals surface area (Å²) in [5, 5.41) is 4.13. The summed E-state index contributed by atoms with van der Waals surface area (Å²) in [6.07, 6.45) is 6.81. The lowest BCUT2D eigenvalue weighted by molar-refractivity contribution is 0.402. The van der Waals surface area contributed by atoms with Crippen LogP contribution in [0.1, 0.15) is 5.56 Å². The molecule has 0 aliphatic heterocycles. The van der Waals surface area contributed by atoms with Crippen LogP contribution in [0, 0.1) is 0 Å². The summed E-state index contributed by atoms with van der Waals surface area (Å²) in [6.45, 7) is 0. The van der Waals surface area contributed by atoms with Crippen molar-refractivity contribution in [2.75, 3.05) is 7.11 Å². The zero-order chi connectivity index (χ0) is 18.0. The van der Waals surface area contributed by atoms with Crippen LogP contribution in [0.15, 0.2) is 58.4 Å². The molecular weight excluding hydrogens is 406 g/mol. The Kier molecular flexibility index (Phi) is 4.91. The summed E-state index contributed by atoms with van der Waals surface area (Å²) in [4.78, 5) is 4.32. The molecule has 0 aliphatic rings. The Hall–Kier alpha value is -2.19. The van der Waals surface area contributed by atoms with Crippen molar-refractivity contribution in [1.82, 2.24) is 14.8 Å². The number of halogens is 1. The Labute approximate surface area is 154 Å². The molecule has 1 aromatic carbocycles. The van der Waals surface area contributed by atoms with Gasteiger partial charge < -0.3 is 4.74 Å². The molecule has 0 amide bonds. The molecule has 0 radical (unpaired) electrons. The fourth-order valence-corrected chi connectivity index (χ4v) is 4.51. The molecule has 0 N–H and O–H groups in total. The molecule has 0 bridgehead atoms. The molecule has 0 aliphatic carbocycles. The van der Waals surface area contributed by atoms with Crippen LogP contribution in [0.4, 0.5) is 0 Å². The van der Waals surface area contributed by atoms with Crippen LogP contribution in [0.25, 0.3) is 11.1 Å². The second-order valence-electron chi connectivity index (χ2n) is 5.54. The molecule has 0 spiro atoms. The van der Waals surface area contributed by atoms with E-state index in [0.717, 1.165) is 11.1 Å². The number of hydrogen-bond acceptors (Lipinski definition) is 5. The van der Waals surface area contributed by atoms with Crippen LogP contribution in [-0.2, 0) is 22.6 Å². The first-order valence-electron chi connectivity index (χ1n) is 7.38. The van der Waals surface area contributed by atoms with Gasteiger partial charge in [-0.1, -0.05) is 15.9 Å². The average molecular weight is 422 g/mol. The monoisotopic (exact) mass is 421 g/mol. The first-order chi connectivity index (χ1) is 11.9.